The van der Waals surface area contributed by atoms with Gasteiger partial charge in [0.25, 0.3) is 6.43 Å². The van der Waals surface area contributed by atoms with Crippen LogP contribution in [0.15, 0.2) is 296 Å². The molecule has 9 aromatic carbocycles. The Morgan fingerprint density at radius 3 is 1.43 bits per heavy atom. The van der Waals surface area contributed by atoms with Gasteiger partial charge in [0.05, 0.1) is 76.2 Å². The first kappa shape index (κ1) is 89.2. The number of primary sulfonamides is 4. The lowest BCUT2D eigenvalue weighted by molar-refractivity contribution is -0.141. The standard InChI is InChI=1S/C18H15ClN2O2S.C17H14F3N3O3S.C17H14F3N3O2S.C16H14N2O3S.C16H13NO4S/c1-12-3-4-14(10-20-12)18-17(9-15(19)11-21-18)13-5-7-16(8-6-13)24(2,22)23;1-26-16-7-2-10(8-13(16)18)15-9-14(17(19)20)22-23(15)11-3-5-12(6-4-11)27(21,24)25;1-11-2-4-12(5-3-11)15-10-16(17(18,19)20)22-23(15)13-6-8-14(9-7-13)26(21,24)25;1-11-15(12-7-9-14(10-8-12)22(17,19)20)16(18-21-11)13-5-3-2-4-6-13;17-22(19,20)13-8-6-11(7-9-13)14-10-21-16(18)15(14)12-4-2-1-3-5-12/h3-11H,1-2H3;2-9,17H,1H3,(H2,21,24,25);2-10H,1H3,(H2,21,24,25);2-10H,1H3,(H2,17,19,20);1-9H,10H2,(H2,17,19,20). The Bertz CT molecular complexity index is 6760. The van der Waals surface area contributed by atoms with E-state index in [0.717, 1.165) is 95.6 Å². The highest BCUT2D eigenvalue weighted by Gasteiger charge is 2.36. The van der Waals surface area contributed by atoms with Crippen molar-refractivity contribution >= 4 is 78.6 Å². The smallest absolute Gasteiger partial charge is 0.435 e. The van der Waals surface area contributed by atoms with Crippen molar-refractivity contribution in [3.8, 4) is 84.4 Å². The molecule has 0 saturated carbocycles. The Labute approximate surface area is 696 Å². The van der Waals surface area contributed by atoms with Gasteiger partial charge >= 0.3 is 12.1 Å². The molecule has 8 N–H and O–H groups in total. The number of pyridine rings is 2. The monoisotopic (exact) mass is 1770 g/mol. The zero-order valence-corrected chi connectivity index (χ0v) is 68.9. The number of nitrogens with zero attached hydrogens (tertiary/aromatic N) is 7. The number of nitrogens with two attached hydrogens (primary N) is 4. The molecular formula is C84H70ClF6N11O14S5. The first-order chi connectivity index (χ1) is 57.0. The number of hydrogen-bond acceptors (Lipinski definition) is 19. The van der Waals surface area contributed by atoms with Crippen molar-refractivity contribution in [2.45, 2.75) is 57.9 Å². The van der Waals surface area contributed by atoms with Gasteiger partial charge in [-0.05, 0) is 176 Å². The van der Waals surface area contributed by atoms with E-state index in [4.69, 9.17) is 46.2 Å². The summed E-state index contributed by atoms with van der Waals surface area (Å²) in [5.41, 5.74) is 11.6. The number of benzene rings is 9. The third-order valence-electron chi connectivity index (χ3n) is 18.0. The number of aryl methyl sites for hydroxylation is 3. The van der Waals surface area contributed by atoms with Crippen LogP contribution in [0.5, 0.6) is 5.75 Å². The summed E-state index contributed by atoms with van der Waals surface area (Å²) in [4.78, 5) is 20.8. The molecule has 624 valence electrons. The molecule has 1 aliphatic heterocycles. The molecular weight excluding hydrogens is 1700 g/mol. The molecule has 15 rings (SSSR count). The Kier molecular flexibility index (Phi) is 27.2. The number of hydrogen-bond donors (Lipinski definition) is 4. The van der Waals surface area contributed by atoms with E-state index < -0.39 is 79.7 Å². The van der Waals surface area contributed by atoms with Crippen LogP contribution in [0.3, 0.4) is 0 Å². The van der Waals surface area contributed by atoms with Crippen molar-refractivity contribution in [1.29, 1.82) is 0 Å². The maximum atomic E-state index is 14.0. The number of rotatable bonds is 17. The number of sulfone groups is 1. The zero-order valence-electron chi connectivity index (χ0n) is 64.0. The molecule has 25 nitrogen and oxygen atoms in total. The molecule has 0 bridgehead atoms. The summed E-state index contributed by atoms with van der Waals surface area (Å²) in [6.45, 7) is 5.78. The first-order valence-corrected chi connectivity index (χ1v) is 43.8. The van der Waals surface area contributed by atoms with Crippen molar-refractivity contribution in [2.24, 2.45) is 20.6 Å². The fourth-order valence-corrected chi connectivity index (χ4v) is 14.9. The molecule has 14 aromatic rings. The quantitative estimate of drug-likeness (QED) is 0.0486. The van der Waals surface area contributed by atoms with E-state index in [2.05, 4.69) is 25.3 Å². The van der Waals surface area contributed by atoms with E-state index in [-0.39, 0.29) is 59.9 Å². The van der Waals surface area contributed by atoms with Gasteiger partial charge < -0.3 is 14.0 Å². The highest BCUT2D eigenvalue weighted by Crippen LogP contribution is 2.39. The Morgan fingerprint density at radius 2 is 0.950 bits per heavy atom. The van der Waals surface area contributed by atoms with Gasteiger partial charge in [0.1, 0.15) is 23.8 Å². The lowest BCUT2D eigenvalue weighted by atomic mass is 9.97. The van der Waals surface area contributed by atoms with Gasteiger partial charge in [-0.3, -0.25) is 9.97 Å². The normalized spacial score (nSPS) is 12.4. The fraction of sp³-hybridized carbons (Fsp3) is 0.0952. The van der Waals surface area contributed by atoms with Crippen LogP contribution < -0.4 is 25.3 Å². The number of carbonyl (C=O) groups excluding carboxylic acids is 1. The van der Waals surface area contributed by atoms with E-state index >= 15 is 0 Å². The first-order valence-electron chi connectivity index (χ1n) is 35.4. The summed E-state index contributed by atoms with van der Waals surface area (Å²) in [7, 11) is -17.1. The van der Waals surface area contributed by atoms with E-state index in [1.165, 1.54) is 103 Å². The summed E-state index contributed by atoms with van der Waals surface area (Å²) in [6, 6.07) is 67.1. The number of alkyl halides is 5. The highest BCUT2D eigenvalue weighted by atomic mass is 35.5. The maximum absolute atomic E-state index is 14.0. The molecule has 0 fully saturated rings. The van der Waals surface area contributed by atoms with Crippen LogP contribution in [0.1, 0.15) is 46.0 Å². The van der Waals surface area contributed by atoms with Crippen LogP contribution in [-0.2, 0) is 65.6 Å². The summed E-state index contributed by atoms with van der Waals surface area (Å²) in [5, 5.41) is 32.4. The zero-order chi connectivity index (χ0) is 87.7. The minimum atomic E-state index is -4.61. The maximum Gasteiger partial charge on any atom is 0.435 e. The van der Waals surface area contributed by atoms with E-state index in [1.54, 1.807) is 85.2 Å². The van der Waals surface area contributed by atoms with E-state index in [9.17, 15) is 73.2 Å². The average molecular weight is 1770 g/mol. The van der Waals surface area contributed by atoms with E-state index in [1.807, 2.05) is 99.6 Å². The van der Waals surface area contributed by atoms with Crippen molar-refractivity contribution < 1.29 is 87.2 Å². The number of halogens is 7. The SMILES string of the molecule is COc1ccc(-c2cc(C(F)F)nn2-c2ccc(S(N)(=O)=O)cc2)cc1F.Cc1ccc(-c2cc(C(F)(F)F)nn2-c2ccc(S(N)(=O)=O)cc2)cc1.Cc1ccc(-c2ncc(Cl)cc2-c2ccc(S(C)(=O)=O)cc2)cn1.Cc1onc(-c2ccccc2)c1-c1ccc(S(N)(=O)=O)cc1.NS(=O)(=O)c1ccc(C2=C(c3ccccc3)C(=O)OC2)cc1. The third-order valence-corrected chi connectivity index (χ3v) is 23.1. The second-order valence-corrected chi connectivity index (χ2v) is 35.3. The van der Waals surface area contributed by atoms with Gasteiger partial charge in [0, 0.05) is 57.7 Å². The third kappa shape index (κ3) is 22.3. The Morgan fingerprint density at radius 1 is 0.488 bits per heavy atom. The molecule has 1 aliphatic rings. The summed E-state index contributed by atoms with van der Waals surface area (Å²) in [5.74, 6) is -0.360. The van der Waals surface area contributed by atoms with Gasteiger partial charge in [0.15, 0.2) is 27.1 Å². The largest absolute Gasteiger partial charge is 0.494 e. The van der Waals surface area contributed by atoms with Gasteiger partial charge in [-0.1, -0.05) is 144 Å². The molecule has 0 saturated heterocycles. The van der Waals surface area contributed by atoms with Gasteiger partial charge in [0.2, 0.25) is 40.1 Å². The minimum absolute atomic E-state index is 0.0106. The summed E-state index contributed by atoms with van der Waals surface area (Å²) >= 11 is 6.11. The number of ether oxygens (including phenoxy) is 2. The Balaban J connectivity index is 0.000000148. The lowest BCUT2D eigenvalue weighted by Gasteiger charge is -2.10. The second-order valence-electron chi connectivity index (χ2n) is 26.6. The van der Waals surface area contributed by atoms with Crippen molar-refractivity contribution in [3.63, 3.8) is 0 Å². The molecule has 6 heterocycles. The van der Waals surface area contributed by atoms with Crippen LogP contribution in [0, 0.1) is 26.6 Å². The molecule has 0 aliphatic carbocycles. The van der Waals surface area contributed by atoms with Crippen molar-refractivity contribution in [3.05, 3.63) is 318 Å². The number of sulfonamides is 4. The minimum Gasteiger partial charge on any atom is -0.494 e. The van der Waals surface area contributed by atoms with Gasteiger partial charge in [-0.2, -0.15) is 23.4 Å². The van der Waals surface area contributed by atoms with Gasteiger partial charge in [-0.25, -0.2) is 90.0 Å². The number of methoxy groups -OCH3 is 1. The summed E-state index contributed by atoms with van der Waals surface area (Å²) in [6.07, 6.45) is -2.90. The molecule has 0 radical (unpaired) electrons. The molecule has 121 heavy (non-hydrogen) atoms. The summed E-state index contributed by atoms with van der Waals surface area (Å²) < 4.78 is 211. The van der Waals surface area contributed by atoms with Crippen LogP contribution >= 0.6 is 11.6 Å². The fourth-order valence-electron chi connectivity index (χ4n) is 12.0. The van der Waals surface area contributed by atoms with Crippen LogP contribution in [0.2, 0.25) is 5.02 Å². The van der Waals surface area contributed by atoms with Crippen LogP contribution in [-0.4, -0.2) is 103 Å². The average Bonchev–Trinajstić information content (AvgIpc) is 1.72. The van der Waals surface area contributed by atoms with Crippen molar-refractivity contribution in [2.75, 3.05) is 20.0 Å². The highest BCUT2D eigenvalue weighted by molar-refractivity contribution is 7.91. The molecule has 0 amide bonds. The predicted octanol–water partition coefficient (Wildman–Crippen LogP) is 15.7. The lowest BCUT2D eigenvalue weighted by Crippen LogP contribution is -2.12. The predicted molar refractivity (Wildman–Crippen MR) is 443 cm³/mol. The van der Waals surface area contributed by atoms with Crippen LogP contribution in [0.4, 0.5) is 26.3 Å². The molecule has 0 spiro atoms. The molecule has 0 atom stereocenters. The molecule has 5 aromatic heterocycles. The molecule has 0 unspecified atom stereocenters. The van der Waals surface area contributed by atoms with Crippen LogP contribution in [0.25, 0.3) is 89.8 Å². The number of cyclic esters (lactones) is 1. The molecule has 37 heteroatoms. The Hall–Kier alpha value is -12.6. The second kappa shape index (κ2) is 36.9. The number of aromatic nitrogens is 7. The van der Waals surface area contributed by atoms with E-state index in [0.29, 0.717) is 33.2 Å². The van der Waals surface area contributed by atoms with Crippen molar-refractivity contribution in [1.82, 2.24) is 34.7 Å². The van der Waals surface area contributed by atoms with Gasteiger partial charge in [-0.15, -0.1) is 0 Å². The number of carbonyl (C=O) groups is 1. The number of esters is 1. The topological polar surface area (TPSA) is 398 Å².